The summed E-state index contributed by atoms with van der Waals surface area (Å²) in [6.45, 7) is 9.49. The number of benzene rings is 4. The van der Waals surface area contributed by atoms with Crippen molar-refractivity contribution in [2.45, 2.75) is 84.5 Å². The topological polar surface area (TPSA) is 190 Å². The Morgan fingerprint density at radius 1 is 0.696 bits per heavy atom. The third kappa shape index (κ3) is 10.4. The highest BCUT2D eigenvalue weighted by atomic mass is 16.5. The summed E-state index contributed by atoms with van der Waals surface area (Å²) in [5.74, 6) is 0.672. The molecule has 0 aliphatic carbocycles. The lowest BCUT2D eigenvalue weighted by Gasteiger charge is -2.23. The van der Waals surface area contributed by atoms with Crippen molar-refractivity contribution >= 4 is 70.2 Å². The number of amides is 5. The maximum Gasteiger partial charge on any atom is 0.260 e. The second-order valence-corrected chi connectivity index (χ2v) is 17.7. The lowest BCUT2D eigenvalue weighted by atomic mass is 10.0. The third-order valence-electron chi connectivity index (χ3n) is 12.6. The summed E-state index contributed by atoms with van der Waals surface area (Å²) in [7, 11) is 3.16. The molecule has 4 aromatic rings. The highest BCUT2D eigenvalue weighted by molar-refractivity contribution is 6.06. The standard InChI is InChI=1S/C53H57N7O9/c1-8-48(61)58-49(30(2)3)51(63)56-32(5)50(62)57-37-14-10-33(11-15-37)35-21-39-27-55-44-25-47(46(67-7)23-42(44)53(65)60(39)28-35)69-19-9-18-68-45-24-43-41(20-31(45)4)52(64)59-29-36(22-38(59)26-54-43)34-12-16-40(66-6)17-13-34/h10-17,20,23-30,32,38-39,49H,8-9,18-19,21-22H2,1-7H3,(H,56,63)(H,57,62)(H,58,61)/t32-,38-,39-,49-/m0/s1. The van der Waals surface area contributed by atoms with Crippen molar-refractivity contribution in [2.75, 3.05) is 32.8 Å². The van der Waals surface area contributed by atoms with Gasteiger partial charge in [0, 0.05) is 68.3 Å². The minimum Gasteiger partial charge on any atom is -0.497 e. The maximum atomic E-state index is 14.0. The molecule has 0 spiro atoms. The Hall–Kier alpha value is -7.75. The number of hydrogen-bond acceptors (Lipinski definition) is 11. The molecule has 0 unspecified atom stereocenters. The molecule has 0 saturated heterocycles. The smallest absolute Gasteiger partial charge is 0.260 e. The first-order valence-electron chi connectivity index (χ1n) is 23.2. The van der Waals surface area contributed by atoms with Gasteiger partial charge in [0.2, 0.25) is 17.7 Å². The number of nitrogens with zero attached hydrogens (tertiary/aromatic N) is 4. The number of anilines is 1. The van der Waals surface area contributed by atoms with E-state index < -0.39 is 23.9 Å². The van der Waals surface area contributed by atoms with Crippen molar-refractivity contribution in [1.29, 1.82) is 0 Å². The summed E-state index contributed by atoms with van der Waals surface area (Å²) in [5.41, 5.74) is 7.17. The highest BCUT2D eigenvalue weighted by Gasteiger charge is 2.35. The molecule has 4 aliphatic heterocycles. The number of nitrogens with one attached hydrogen (secondary N) is 3. The van der Waals surface area contributed by atoms with Crippen LogP contribution >= 0.6 is 0 Å². The molecule has 3 N–H and O–H groups in total. The Morgan fingerprint density at radius 2 is 1.25 bits per heavy atom. The number of methoxy groups -OCH3 is 2. The molecule has 69 heavy (non-hydrogen) atoms. The van der Waals surface area contributed by atoms with Crippen LogP contribution in [0.3, 0.4) is 0 Å². The van der Waals surface area contributed by atoms with E-state index in [1.54, 1.807) is 61.2 Å². The van der Waals surface area contributed by atoms with E-state index in [1.807, 2.05) is 87.9 Å². The summed E-state index contributed by atoms with van der Waals surface area (Å²) < 4.78 is 23.3. The fourth-order valence-electron chi connectivity index (χ4n) is 8.58. The van der Waals surface area contributed by atoms with Gasteiger partial charge in [-0.25, -0.2) is 0 Å². The predicted molar refractivity (Wildman–Crippen MR) is 264 cm³/mol. The average molecular weight is 936 g/mol. The van der Waals surface area contributed by atoms with Gasteiger partial charge in [0.25, 0.3) is 11.8 Å². The van der Waals surface area contributed by atoms with Gasteiger partial charge in [0.15, 0.2) is 11.5 Å². The Bertz CT molecular complexity index is 2780. The number of fused-ring (bicyclic) bond motifs is 4. The molecule has 4 atom stereocenters. The third-order valence-corrected chi connectivity index (χ3v) is 12.6. The van der Waals surface area contributed by atoms with Gasteiger partial charge < -0.3 is 44.7 Å². The molecular formula is C53H57N7O9. The Morgan fingerprint density at radius 3 is 1.80 bits per heavy atom. The van der Waals surface area contributed by atoms with Gasteiger partial charge in [0.1, 0.15) is 23.6 Å². The SMILES string of the molecule is CCC(=O)N[C@H](C(=O)N[C@@H](C)C(=O)Nc1ccc(C2=CN3C(=O)c4cc(OC)c(OCCCOc5cc6c(cc5C)C(=O)N5C=C(c7ccc(OC)cc7)C[C@H]5C=N6)cc4N=C[C@@H]3C2)cc1)C(C)C. The Kier molecular flexibility index (Phi) is 14.3. The van der Waals surface area contributed by atoms with Crippen LogP contribution in [0.1, 0.15) is 90.8 Å². The van der Waals surface area contributed by atoms with Gasteiger partial charge in [0.05, 0.1) is 62.0 Å². The zero-order valence-corrected chi connectivity index (χ0v) is 39.8. The summed E-state index contributed by atoms with van der Waals surface area (Å²) in [6, 6.07) is 20.0. The molecule has 358 valence electrons. The van der Waals surface area contributed by atoms with Crippen LogP contribution in [0, 0.1) is 12.8 Å². The van der Waals surface area contributed by atoms with E-state index in [0.717, 1.165) is 33.6 Å². The largest absolute Gasteiger partial charge is 0.497 e. The quantitative estimate of drug-likeness (QED) is 0.0888. The fraction of sp³-hybridized carbons (Fsp3) is 0.340. The zero-order valence-electron chi connectivity index (χ0n) is 39.8. The fourth-order valence-corrected chi connectivity index (χ4v) is 8.58. The van der Waals surface area contributed by atoms with Crippen molar-refractivity contribution < 1.29 is 42.9 Å². The summed E-state index contributed by atoms with van der Waals surface area (Å²) in [5, 5.41) is 8.25. The van der Waals surface area contributed by atoms with E-state index in [0.29, 0.717) is 77.9 Å². The number of hydrogen-bond donors (Lipinski definition) is 3. The number of ether oxygens (including phenoxy) is 4. The minimum absolute atomic E-state index is 0.109. The second-order valence-electron chi connectivity index (χ2n) is 17.7. The number of carbonyl (C=O) groups is 5. The monoisotopic (exact) mass is 935 g/mol. The van der Waals surface area contributed by atoms with Gasteiger partial charge in [-0.3, -0.25) is 34.0 Å². The van der Waals surface area contributed by atoms with Crippen molar-refractivity contribution in [2.24, 2.45) is 15.9 Å². The summed E-state index contributed by atoms with van der Waals surface area (Å²) >= 11 is 0. The molecule has 16 nitrogen and oxygen atoms in total. The van der Waals surface area contributed by atoms with Crippen molar-refractivity contribution in [3.8, 4) is 23.0 Å². The molecule has 0 saturated carbocycles. The van der Waals surface area contributed by atoms with Gasteiger partial charge in [-0.2, -0.15) is 0 Å². The number of rotatable bonds is 17. The Labute approximate surface area is 401 Å². The molecule has 0 aromatic heterocycles. The van der Waals surface area contributed by atoms with Gasteiger partial charge in [-0.05, 0) is 84.0 Å². The van der Waals surface area contributed by atoms with Crippen molar-refractivity contribution in [1.82, 2.24) is 20.4 Å². The zero-order chi connectivity index (χ0) is 48.9. The van der Waals surface area contributed by atoms with E-state index in [4.69, 9.17) is 28.9 Å². The molecule has 0 fully saturated rings. The van der Waals surface area contributed by atoms with Crippen LogP contribution in [0.4, 0.5) is 17.1 Å². The van der Waals surface area contributed by atoms with Crippen LogP contribution < -0.4 is 34.9 Å². The first-order valence-corrected chi connectivity index (χ1v) is 23.2. The first-order chi connectivity index (χ1) is 33.2. The molecule has 5 amide bonds. The molecular weight excluding hydrogens is 879 g/mol. The van der Waals surface area contributed by atoms with E-state index in [1.165, 1.54) is 7.11 Å². The van der Waals surface area contributed by atoms with Crippen LogP contribution in [0.5, 0.6) is 23.0 Å². The predicted octanol–water partition coefficient (Wildman–Crippen LogP) is 7.80. The average Bonchev–Trinajstić information content (AvgIpc) is 3.93. The van der Waals surface area contributed by atoms with E-state index in [2.05, 4.69) is 16.0 Å². The first kappa shape index (κ1) is 47.7. The number of aliphatic imine (C=N–C) groups is 2. The lowest BCUT2D eigenvalue weighted by Crippen LogP contribution is -2.53. The maximum absolute atomic E-state index is 14.0. The highest BCUT2D eigenvalue weighted by Crippen LogP contribution is 2.41. The van der Waals surface area contributed by atoms with Gasteiger partial charge >= 0.3 is 0 Å². The van der Waals surface area contributed by atoms with E-state index in [-0.39, 0.29) is 42.1 Å². The molecule has 0 bridgehead atoms. The van der Waals surface area contributed by atoms with Crippen LogP contribution in [0.2, 0.25) is 0 Å². The van der Waals surface area contributed by atoms with Crippen molar-refractivity contribution in [3.05, 3.63) is 113 Å². The molecule has 4 aliphatic rings. The van der Waals surface area contributed by atoms with Crippen LogP contribution in [0.15, 0.2) is 95.2 Å². The van der Waals surface area contributed by atoms with Crippen LogP contribution in [0.25, 0.3) is 11.1 Å². The normalized spacial score (nSPS) is 17.6. The van der Waals surface area contributed by atoms with E-state index >= 15 is 0 Å². The molecule has 16 heteroatoms. The summed E-state index contributed by atoms with van der Waals surface area (Å²) in [6.07, 6.45) is 9.30. The van der Waals surface area contributed by atoms with Crippen LogP contribution in [-0.4, -0.2) is 103 Å². The summed E-state index contributed by atoms with van der Waals surface area (Å²) in [4.78, 5) is 78.5. The molecule has 8 rings (SSSR count). The molecule has 4 aromatic carbocycles. The van der Waals surface area contributed by atoms with Gasteiger partial charge in [-0.1, -0.05) is 45.0 Å². The van der Waals surface area contributed by atoms with Crippen molar-refractivity contribution in [3.63, 3.8) is 0 Å². The van der Waals surface area contributed by atoms with Gasteiger partial charge in [-0.15, -0.1) is 0 Å². The van der Waals surface area contributed by atoms with E-state index in [9.17, 15) is 24.0 Å². The molecule has 4 heterocycles. The lowest BCUT2D eigenvalue weighted by molar-refractivity contribution is -0.131. The number of aryl methyl sites for hydroxylation is 1. The minimum atomic E-state index is -0.851. The van der Waals surface area contributed by atoms with Crippen LogP contribution in [-0.2, 0) is 14.4 Å². The number of carbonyl (C=O) groups excluding carboxylic acids is 5. The second kappa shape index (κ2) is 20.6. The Balaban J connectivity index is 0.842. The molecule has 0 radical (unpaired) electrons.